The topological polar surface area (TPSA) is 213 Å². The number of hydrogen-bond acceptors (Lipinski definition) is 11. The van der Waals surface area contributed by atoms with E-state index < -0.39 is 5.78 Å². The molecule has 0 amide bonds. The SMILES string of the molecule is O=C1c2c(O)cccc2C(=Cc2ccc(O)c(O)c2)c2cccc(O)c21.O=C1c2c(O)cccc2Cc2cccc(O)c21.O=Cc1ccc(O)c(O)c1. The van der Waals surface area contributed by atoms with Crippen molar-refractivity contribution >= 4 is 29.5 Å². The first-order chi connectivity index (χ1) is 25.4. The molecule has 2 aliphatic carbocycles. The lowest BCUT2D eigenvalue weighted by atomic mass is 9.80. The molecule has 11 nitrogen and oxygen atoms in total. The third kappa shape index (κ3) is 6.82. The van der Waals surface area contributed by atoms with E-state index in [1.165, 1.54) is 54.6 Å². The van der Waals surface area contributed by atoms with Crippen molar-refractivity contribution in [1.29, 1.82) is 0 Å². The fourth-order valence-electron chi connectivity index (χ4n) is 6.16. The number of hydrogen-bond donors (Lipinski definition) is 8. The Bertz CT molecular complexity index is 2370. The van der Waals surface area contributed by atoms with Crippen LogP contribution in [0.3, 0.4) is 0 Å². The highest BCUT2D eigenvalue weighted by atomic mass is 16.3. The summed E-state index contributed by atoms with van der Waals surface area (Å²) in [5, 5.41) is 76.7. The molecule has 53 heavy (non-hydrogen) atoms. The van der Waals surface area contributed by atoms with E-state index in [0.717, 1.165) is 11.1 Å². The fourth-order valence-corrected chi connectivity index (χ4v) is 6.16. The van der Waals surface area contributed by atoms with E-state index in [-0.39, 0.29) is 62.9 Å². The molecule has 264 valence electrons. The van der Waals surface area contributed by atoms with E-state index >= 15 is 0 Å². The maximum absolute atomic E-state index is 12.8. The van der Waals surface area contributed by atoms with Crippen molar-refractivity contribution in [2.24, 2.45) is 0 Å². The van der Waals surface area contributed by atoms with Gasteiger partial charge in [-0.15, -0.1) is 0 Å². The Kier molecular flexibility index (Phi) is 9.57. The monoisotopic (exact) mass is 710 g/mol. The average molecular weight is 711 g/mol. The van der Waals surface area contributed by atoms with E-state index in [0.29, 0.717) is 51.7 Å². The Morgan fingerprint density at radius 2 is 0.811 bits per heavy atom. The molecule has 0 fully saturated rings. The second kappa shape index (κ2) is 14.4. The number of carbonyl (C=O) groups is 3. The highest BCUT2D eigenvalue weighted by Crippen LogP contribution is 2.43. The molecule has 0 saturated carbocycles. The van der Waals surface area contributed by atoms with E-state index in [4.69, 9.17) is 10.2 Å². The van der Waals surface area contributed by atoms with Crippen LogP contribution in [0.5, 0.6) is 46.0 Å². The molecule has 8 N–H and O–H groups in total. The quantitative estimate of drug-likeness (QED) is 0.0691. The van der Waals surface area contributed by atoms with Crippen LogP contribution in [-0.4, -0.2) is 58.7 Å². The third-order valence-corrected chi connectivity index (χ3v) is 8.66. The van der Waals surface area contributed by atoms with Crippen molar-refractivity contribution < 1.29 is 55.2 Å². The molecule has 11 heteroatoms. The molecule has 0 aliphatic heterocycles. The van der Waals surface area contributed by atoms with Gasteiger partial charge in [0.1, 0.15) is 29.3 Å². The Labute approximate surface area is 301 Å². The zero-order valence-electron chi connectivity index (χ0n) is 27.6. The molecule has 0 bridgehead atoms. The van der Waals surface area contributed by atoms with Crippen molar-refractivity contribution in [2.45, 2.75) is 6.42 Å². The van der Waals surface area contributed by atoms with Gasteiger partial charge in [0.25, 0.3) is 0 Å². The number of fused-ring (bicyclic) bond motifs is 4. The van der Waals surface area contributed by atoms with Crippen LogP contribution in [-0.2, 0) is 6.42 Å². The predicted molar refractivity (Wildman–Crippen MR) is 194 cm³/mol. The largest absolute Gasteiger partial charge is 0.507 e. The molecule has 0 heterocycles. The summed E-state index contributed by atoms with van der Waals surface area (Å²) >= 11 is 0. The smallest absolute Gasteiger partial charge is 0.201 e. The highest BCUT2D eigenvalue weighted by Gasteiger charge is 2.32. The summed E-state index contributed by atoms with van der Waals surface area (Å²) in [7, 11) is 0. The first-order valence-electron chi connectivity index (χ1n) is 16.0. The first-order valence-corrected chi connectivity index (χ1v) is 16.0. The Morgan fingerprint density at radius 3 is 1.26 bits per heavy atom. The van der Waals surface area contributed by atoms with Gasteiger partial charge < -0.3 is 40.9 Å². The lowest BCUT2D eigenvalue weighted by Gasteiger charge is -2.23. The van der Waals surface area contributed by atoms with E-state index in [2.05, 4.69) is 0 Å². The van der Waals surface area contributed by atoms with Crippen LogP contribution in [0.4, 0.5) is 0 Å². The summed E-state index contributed by atoms with van der Waals surface area (Å²) in [6, 6.07) is 27.8. The molecule has 0 unspecified atom stereocenters. The summed E-state index contributed by atoms with van der Waals surface area (Å²) < 4.78 is 0. The first kappa shape index (κ1) is 35.3. The Hall–Kier alpha value is -7.53. The molecule has 2 aliphatic rings. The number of carbonyl (C=O) groups excluding carboxylic acids is 3. The zero-order valence-corrected chi connectivity index (χ0v) is 27.6. The molecule has 8 rings (SSSR count). The lowest BCUT2D eigenvalue weighted by molar-refractivity contribution is 0.102. The standard InChI is InChI=1S/C21H14O5.C14H10O3.C7H6O3/c22-15-8-7-11(10-18(15)25)9-14-12-3-1-5-16(23)19(12)21(26)20-13(14)4-2-6-17(20)24;15-10-5-1-3-8-7-9-4-2-6-11(16)13(9)14(17)12(8)10;8-4-5-1-2-6(9)7(10)3-5/h1-10,22-25H;1-6,15-16H,7H2;1-4,9-10H. The van der Waals surface area contributed by atoms with Gasteiger partial charge in [0.2, 0.25) is 11.6 Å². The number of benzene rings is 6. The minimum Gasteiger partial charge on any atom is -0.507 e. The maximum atomic E-state index is 12.8. The van der Waals surface area contributed by atoms with Crippen LogP contribution in [0.25, 0.3) is 11.6 Å². The molecule has 0 spiro atoms. The average Bonchev–Trinajstić information content (AvgIpc) is 3.13. The lowest BCUT2D eigenvalue weighted by Crippen LogP contribution is -2.15. The molecule has 6 aromatic carbocycles. The number of ketones is 2. The highest BCUT2D eigenvalue weighted by molar-refractivity contribution is 6.22. The zero-order chi connectivity index (χ0) is 38.0. The van der Waals surface area contributed by atoms with Crippen molar-refractivity contribution in [3.63, 3.8) is 0 Å². The molecule has 0 saturated heterocycles. The normalized spacial score (nSPS) is 12.0. The van der Waals surface area contributed by atoms with Gasteiger partial charge in [-0.25, -0.2) is 0 Å². The fraction of sp³-hybridized carbons (Fsp3) is 0.0238. The molecular formula is C42H30O11. The van der Waals surface area contributed by atoms with Gasteiger partial charge in [0.05, 0.1) is 22.3 Å². The van der Waals surface area contributed by atoms with Gasteiger partial charge in [0.15, 0.2) is 23.0 Å². The molecule has 0 atom stereocenters. The van der Waals surface area contributed by atoms with Crippen LogP contribution >= 0.6 is 0 Å². The Balaban J connectivity index is 0.000000152. The summed E-state index contributed by atoms with van der Waals surface area (Å²) in [6.07, 6.45) is 2.88. The number of phenols is 8. The van der Waals surface area contributed by atoms with Gasteiger partial charge in [0, 0.05) is 5.56 Å². The molecule has 0 radical (unpaired) electrons. The number of rotatable bonds is 2. The summed E-state index contributed by atoms with van der Waals surface area (Å²) in [5.41, 5.74) is 5.06. The second-order valence-corrected chi connectivity index (χ2v) is 12.0. The van der Waals surface area contributed by atoms with Crippen LogP contribution in [0.15, 0.2) is 109 Å². The van der Waals surface area contributed by atoms with Gasteiger partial charge in [-0.05, 0) is 100 Å². The van der Waals surface area contributed by atoms with E-state index in [9.17, 15) is 45.0 Å². The second-order valence-electron chi connectivity index (χ2n) is 12.0. The predicted octanol–water partition coefficient (Wildman–Crippen LogP) is 6.79. The van der Waals surface area contributed by atoms with Crippen LogP contribution in [0.1, 0.15) is 70.0 Å². The minimum atomic E-state index is -0.447. The molecule has 0 aromatic heterocycles. The van der Waals surface area contributed by atoms with Crippen LogP contribution in [0, 0.1) is 0 Å². The van der Waals surface area contributed by atoms with Crippen molar-refractivity contribution in [3.05, 3.63) is 165 Å². The molecule has 6 aromatic rings. The van der Waals surface area contributed by atoms with Gasteiger partial charge in [-0.2, -0.15) is 0 Å². The Morgan fingerprint density at radius 1 is 0.415 bits per heavy atom. The third-order valence-electron chi connectivity index (χ3n) is 8.66. The summed E-state index contributed by atoms with van der Waals surface area (Å²) in [6.45, 7) is 0. The number of phenolic OH excluding ortho intramolecular Hbond substituents is 8. The van der Waals surface area contributed by atoms with Gasteiger partial charge in [-0.3, -0.25) is 14.4 Å². The van der Waals surface area contributed by atoms with Crippen molar-refractivity contribution in [1.82, 2.24) is 0 Å². The van der Waals surface area contributed by atoms with Crippen molar-refractivity contribution in [2.75, 3.05) is 0 Å². The van der Waals surface area contributed by atoms with Crippen LogP contribution < -0.4 is 0 Å². The van der Waals surface area contributed by atoms with Gasteiger partial charge >= 0.3 is 0 Å². The number of aldehydes is 1. The summed E-state index contributed by atoms with van der Waals surface area (Å²) in [4.78, 5) is 35.1. The van der Waals surface area contributed by atoms with Crippen molar-refractivity contribution in [3.8, 4) is 46.0 Å². The van der Waals surface area contributed by atoms with Crippen LogP contribution in [0.2, 0.25) is 0 Å². The summed E-state index contributed by atoms with van der Waals surface area (Å²) in [5.74, 6) is -2.13. The molecular weight excluding hydrogens is 680 g/mol. The maximum Gasteiger partial charge on any atom is 0.201 e. The van der Waals surface area contributed by atoms with E-state index in [1.807, 2.05) is 12.1 Å². The minimum absolute atomic E-state index is 0.0265. The van der Waals surface area contributed by atoms with Gasteiger partial charge in [-0.1, -0.05) is 54.6 Å². The van der Waals surface area contributed by atoms with E-state index in [1.54, 1.807) is 48.5 Å². The number of aromatic hydroxyl groups is 8.